The SMILES string of the molecule is CN(C)C=Nc1nnc(Cl)c2cccnc12. The summed E-state index contributed by atoms with van der Waals surface area (Å²) < 4.78 is 0. The summed E-state index contributed by atoms with van der Waals surface area (Å²) in [5, 5.41) is 8.83. The van der Waals surface area contributed by atoms with Crippen LogP contribution < -0.4 is 0 Å². The lowest BCUT2D eigenvalue weighted by Crippen LogP contribution is -2.07. The summed E-state index contributed by atoms with van der Waals surface area (Å²) in [5.74, 6) is 0.466. The maximum Gasteiger partial charge on any atom is 0.202 e. The fourth-order valence-electron chi connectivity index (χ4n) is 1.20. The summed E-state index contributed by atoms with van der Waals surface area (Å²) in [6.45, 7) is 0. The Hall–Kier alpha value is -1.75. The van der Waals surface area contributed by atoms with E-state index in [2.05, 4.69) is 20.2 Å². The van der Waals surface area contributed by atoms with E-state index in [4.69, 9.17) is 11.6 Å². The van der Waals surface area contributed by atoms with E-state index < -0.39 is 0 Å². The average Bonchev–Trinajstić information content (AvgIpc) is 2.28. The molecule has 2 aromatic rings. The van der Waals surface area contributed by atoms with Gasteiger partial charge < -0.3 is 4.90 Å². The molecule has 0 amide bonds. The minimum Gasteiger partial charge on any atom is -0.369 e. The number of rotatable bonds is 2. The normalized spacial score (nSPS) is 11.2. The Labute approximate surface area is 97.8 Å². The third-order valence-corrected chi connectivity index (χ3v) is 2.16. The van der Waals surface area contributed by atoms with Crippen molar-refractivity contribution in [1.29, 1.82) is 0 Å². The first-order valence-electron chi connectivity index (χ1n) is 4.66. The number of aliphatic imine (C=N–C) groups is 1. The molecule has 0 bridgehead atoms. The van der Waals surface area contributed by atoms with Crippen molar-refractivity contribution < 1.29 is 0 Å². The highest BCUT2D eigenvalue weighted by atomic mass is 35.5. The molecular formula is C10H10ClN5. The first-order chi connectivity index (χ1) is 7.68. The molecule has 5 nitrogen and oxygen atoms in total. The molecule has 0 fully saturated rings. The fourth-order valence-corrected chi connectivity index (χ4v) is 1.39. The molecule has 0 aromatic carbocycles. The zero-order valence-corrected chi connectivity index (χ0v) is 9.68. The van der Waals surface area contributed by atoms with E-state index >= 15 is 0 Å². The Morgan fingerprint density at radius 2 is 2.19 bits per heavy atom. The minimum atomic E-state index is 0.340. The summed E-state index contributed by atoms with van der Waals surface area (Å²) in [4.78, 5) is 10.2. The zero-order valence-electron chi connectivity index (χ0n) is 8.92. The maximum atomic E-state index is 5.92. The lowest BCUT2D eigenvalue weighted by Gasteiger charge is -2.03. The van der Waals surface area contributed by atoms with E-state index in [1.807, 2.05) is 25.1 Å². The van der Waals surface area contributed by atoms with Gasteiger partial charge in [0.05, 0.1) is 6.34 Å². The third kappa shape index (κ3) is 2.09. The molecule has 0 radical (unpaired) electrons. The highest BCUT2D eigenvalue weighted by Crippen LogP contribution is 2.24. The predicted molar refractivity (Wildman–Crippen MR) is 64.2 cm³/mol. The molecule has 2 rings (SSSR count). The molecule has 0 aliphatic carbocycles. The first-order valence-corrected chi connectivity index (χ1v) is 5.04. The van der Waals surface area contributed by atoms with Crippen molar-refractivity contribution >= 4 is 34.7 Å². The second kappa shape index (κ2) is 4.40. The molecule has 2 aromatic heterocycles. The number of nitrogens with zero attached hydrogens (tertiary/aromatic N) is 5. The van der Waals surface area contributed by atoms with Gasteiger partial charge in [-0.2, -0.15) is 0 Å². The molecule has 0 saturated heterocycles. The quantitative estimate of drug-likeness (QED) is 0.589. The number of hydrogen-bond donors (Lipinski definition) is 0. The van der Waals surface area contributed by atoms with Crippen LogP contribution in [0.1, 0.15) is 0 Å². The van der Waals surface area contributed by atoms with Crippen molar-refractivity contribution in [3.8, 4) is 0 Å². The van der Waals surface area contributed by atoms with E-state index in [-0.39, 0.29) is 0 Å². The predicted octanol–water partition coefficient (Wildman–Crippen LogP) is 1.90. The van der Waals surface area contributed by atoms with Crippen LogP contribution in [-0.2, 0) is 0 Å². The van der Waals surface area contributed by atoms with Crippen molar-refractivity contribution in [2.45, 2.75) is 0 Å². The Kier molecular flexibility index (Phi) is 2.96. The Morgan fingerprint density at radius 1 is 1.38 bits per heavy atom. The van der Waals surface area contributed by atoms with Crippen molar-refractivity contribution in [1.82, 2.24) is 20.1 Å². The largest absolute Gasteiger partial charge is 0.369 e. The average molecular weight is 236 g/mol. The first kappa shape index (κ1) is 10.8. The third-order valence-electron chi connectivity index (χ3n) is 1.89. The van der Waals surface area contributed by atoms with Gasteiger partial charge in [0.1, 0.15) is 5.52 Å². The van der Waals surface area contributed by atoms with Crippen molar-refractivity contribution in [2.24, 2.45) is 4.99 Å². The number of aromatic nitrogens is 3. The molecule has 0 spiro atoms. The molecule has 2 heterocycles. The lowest BCUT2D eigenvalue weighted by molar-refractivity contribution is 0.643. The van der Waals surface area contributed by atoms with Crippen LogP contribution in [0, 0.1) is 0 Å². The van der Waals surface area contributed by atoms with Crippen LogP contribution in [0.25, 0.3) is 10.9 Å². The summed E-state index contributed by atoms with van der Waals surface area (Å²) in [5.41, 5.74) is 0.653. The van der Waals surface area contributed by atoms with Crippen molar-refractivity contribution in [3.05, 3.63) is 23.5 Å². The maximum absolute atomic E-state index is 5.92. The molecular weight excluding hydrogens is 226 g/mol. The smallest absolute Gasteiger partial charge is 0.202 e. The number of pyridine rings is 1. The monoisotopic (exact) mass is 235 g/mol. The van der Waals surface area contributed by atoms with Crippen LogP contribution >= 0.6 is 11.6 Å². The minimum absolute atomic E-state index is 0.340. The number of hydrogen-bond acceptors (Lipinski definition) is 4. The van der Waals surface area contributed by atoms with E-state index in [9.17, 15) is 0 Å². The molecule has 0 unspecified atom stereocenters. The molecule has 6 heteroatoms. The summed E-state index contributed by atoms with van der Waals surface area (Å²) in [6, 6.07) is 3.64. The van der Waals surface area contributed by atoms with Gasteiger partial charge in [-0.05, 0) is 12.1 Å². The van der Waals surface area contributed by atoms with Crippen molar-refractivity contribution in [3.63, 3.8) is 0 Å². The van der Waals surface area contributed by atoms with Gasteiger partial charge >= 0.3 is 0 Å². The number of fused-ring (bicyclic) bond motifs is 1. The topological polar surface area (TPSA) is 54.3 Å². The summed E-state index contributed by atoms with van der Waals surface area (Å²) in [6.07, 6.45) is 3.32. The number of halogens is 1. The van der Waals surface area contributed by atoms with Crippen LogP contribution in [0.3, 0.4) is 0 Å². The Bertz CT molecular complexity index is 538. The van der Waals surface area contributed by atoms with Crippen molar-refractivity contribution in [2.75, 3.05) is 14.1 Å². The second-order valence-corrected chi connectivity index (χ2v) is 3.78. The standard InChI is InChI=1S/C10H10ClN5/c1-16(2)6-13-10-8-7(4-3-5-12-8)9(11)14-15-10/h3-6H,1-2H3. The Balaban J connectivity index is 2.59. The summed E-state index contributed by atoms with van der Waals surface area (Å²) >= 11 is 5.92. The molecule has 0 aliphatic rings. The highest BCUT2D eigenvalue weighted by molar-refractivity contribution is 6.34. The molecule has 0 atom stereocenters. The van der Waals surface area contributed by atoms with Gasteiger partial charge in [0.25, 0.3) is 0 Å². The van der Waals surface area contributed by atoms with E-state index in [0.29, 0.717) is 16.5 Å². The van der Waals surface area contributed by atoms with Gasteiger partial charge in [0.15, 0.2) is 5.15 Å². The molecule has 0 aliphatic heterocycles. The van der Waals surface area contributed by atoms with Crippen LogP contribution in [0.15, 0.2) is 23.3 Å². The van der Waals surface area contributed by atoms with E-state index in [1.54, 1.807) is 18.6 Å². The van der Waals surface area contributed by atoms with Gasteiger partial charge in [0, 0.05) is 25.7 Å². The van der Waals surface area contributed by atoms with Crippen LogP contribution in [0.4, 0.5) is 5.82 Å². The lowest BCUT2D eigenvalue weighted by atomic mass is 10.3. The van der Waals surface area contributed by atoms with Gasteiger partial charge in [-0.15, -0.1) is 10.2 Å². The fraction of sp³-hybridized carbons (Fsp3) is 0.200. The van der Waals surface area contributed by atoms with Crippen LogP contribution in [0.2, 0.25) is 5.15 Å². The van der Waals surface area contributed by atoms with Crippen LogP contribution in [0.5, 0.6) is 0 Å². The van der Waals surface area contributed by atoms with Crippen LogP contribution in [-0.4, -0.2) is 40.5 Å². The molecule has 82 valence electrons. The van der Waals surface area contributed by atoms with Gasteiger partial charge in [-0.3, -0.25) is 4.98 Å². The van der Waals surface area contributed by atoms with E-state index in [0.717, 1.165) is 5.39 Å². The van der Waals surface area contributed by atoms with Gasteiger partial charge in [-0.25, -0.2) is 4.99 Å². The second-order valence-electron chi connectivity index (χ2n) is 3.42. The molecule has 0 saturated carbocycles. The van der Waals surface area contributed by atoms with E-state index in [1.165, 1.54) is 0 Å². The zero-order chi connectivity index (χ0) is 11.5. The molecule has 16 heavy (non-hydrogen) atoms. The summed E-state index contributed by atoms with van der Waals surface area (Å²) in [7, 11) is 3.75. The molecule has 0 N–H and O–H groups in total. The Morgan fingerprint density at radius 3 is 2.94 bits per heavy atom. The highest BCUT2D eigenvalue weighted by Gasteiger charge is 2.06. The van der Waals surface area contributed by atoms with Gasteiger partial charge in [0.2, 0.25) is 5.82 Å². The van der Waals surface area contributed by atoms with Gasteiger partial charge in [-0.1, -0.05) is 11.6 Å².